The van der Waals surface area contributed by atoms with Crippen molar-refractivity contribution in [2.45, 2.75) is 19.4 Å². The van der Waals surface area contributed by atoms with Gasteiger partial charge < -0.3 is 10.5 Å². The highest BCUT2D eigenvalue weighted by Crippen LogP contribution is 2.17. The van der Waals surface area contributed by atoms with Crippen LogP contribution in [0.2, 0.25) is 5.02 Å². The zero-order chi connectivity index (χ0) is 11.4. The van der Waals surface area contributed by atoms with E-state index in [1.165, 1.54) is 7.11 Å². The first-order valence-electron chi connectivity index (χ1n) is 4.63. The largest absolute Gasteiger partial charge is 0.468 e. The number of methoxy groups -OCH3 is 1. The molecule has 1 aromatic carbocycles. The Morgan fingerprint density at radius 1 is 1.60 bits per heavy atom. The van der Waals surface area contributed by atoms with Gasteiger partial charge in [-0.1, -0.05) is 23.7 Å². The first-order valence-corrected chi connectivity index (χ1v) is 5.01. The molecule has 0 heterocycles. The van der Waals surface area contributed by atoms with Gasteiger partial charge in [-0.05, 0) is 30.5 Å². The minimum atomic E-state index is -0.631. The number of esters is 1. The molecular formula is C11H14ClNO2. The van der Waals surface area contributed by atoms with E-state index in [4.69, 9.17) is 17.3 Å². The summed E-state index contributed by atoms with van der Waals surface area (Å²) in [4.78, 5) is 11.1. The molecule has 4 heteroatoms. The summed E-state index contributed by atoms with van der Waals surface area (Å²) < 4.78 is 4.54. The van der Waals surface area contributed by atoms with E-state index >= 15 is 0 Å². The number of halogens is 1. The molecule has 0 saturated heterocycles. The molecule has 1 rings (SSSR count). The highest BCUT2D eigenvalue weighted by Gasteiger charge is 2.14. The van der Waals surface area contributed by atoms with E-state index in [-0.39, 0.29) is 0 Å². The van der Waals surface area contributed by atoms with Gasteiger partial charge in [0.15, 0.2) is 0 Å². The van der Waals surface area contributed by atoms with Crippen LogP contribution in [-0.4, -0.2) is 19.1 Å². The second-order valence-electron chi connectivity index (χ2n) is 3.42. The Bertz CT molecular complexity index is 366. The number of ether oxygens (including phenoxy) is 1. The lowest BCUT2D eigenvalue weighted by Crippen LogP contribution is -2.33. The number of carbonyl (C=O) groups is 1. The van der Waals surface area contributed by atoms with Crippen LogP contribution >= 0.6 is 11.6 Å². The van der Waals surface area contributed by atoms with Crippen LogP contribution in [0.5, 0.6) is 0 Å². The smallest absolute Gasteiger partial charge is 0.322 e. The van der Waals surface area contributed by atoms with Crippen molar-refractivity contribution < 1.29 is 9.53 Å². The van der Waals surface area contributed by atoms with Crippen molar-refractivity contribution in [3.8, 4) is 0 Å². The second kappa shape index (κ2) is 5.14. The fraction of sp³-hybridized carbons (Fsp3) is 0.364. The van der Waals surface area contributed by atoms with Gasteiger partial charge in [0.2, 0.25) is 0 Å². The molecule has 3 nitrogen and oxygen atoms in total. The summed E-state index contributed by atoms with van der Waals surface area (Å²) in [6.07, 6.45) is 0.437. The van der Waals surface area contributed by atoms with Crippen molar-refractivity contribution in [1.82, 2.24) is 0 Å². The van der Waals surface area contributed by atoms with Gasteiger partial charge in [-0.3, -0.25) is 4.79 Å². The number of hydrogen-bond donors (Lipinski definition) is 1. The molecule has 0 radical (unpaired) electrons. The first-order chi connectivity index (χ1) is 7.04. The lowest BCUT2D eigenvalue weighted by atomic mass is 10.1. The summed E-state index contributed by atoms with van der Waals surface area (Å²) in [6.45, 7) is 1.92. The van der Waals surface area contributed by atoms with E-state index in [0.29, 0.717) is 11.4 Å². The Morgan fingerprint density at radius 3 is 2.80 bits per heavy atom. The van der Waals surface area contributed by atoms with Crippen LogP contribution < -0.4 is 5.73 Å². The third kappa shape index (κ3) is 3.22. The highest BCUT2D eigenvalue weighted by molar-refractivity contribution is 6.31. The Morgan fingerprint density at radius 2 is 2.27 bits per heavy atom. The second-order valence-corrected chi connectivity index (χ2v) is 3.82. The van der Waals surface area contributed by atoms with Gasteiger partial charge in [-0.2, -0.15) is 0 Å². The molecule has 0 spiro atoms. The first kappa shape index (κ1) is 12.0. The summed E-state index contributed by atoms with van der Waals surface area (Å²) >= 11 is 5.95. The number of nitrogens with two attached hydrogens (primary N) is 1. The third-order valence-electron chi connectivity index (χ3n) is 2.20. The van der Waals surface area contributed by atoms with E-state index in [2.05, 4.69) is 4.74 Å². The van der Waals surface area contributed by atoms with E-state index in [9.17, 15) is 4.79 Å². The van der Waals surface area contributed by atoms with Crippen molar-refractivity contribution in [2.75, 3.05) is 7.11 Å². The lowest BCUT2D eigenvalue weighted by molar-refractivity contribution is -0.142. The van der Waals surface area contributed by atoms with Gasteiger partial charge in [-0.25, -0.2) is 0 Å². The fourth-order valence-corrected chi connectivity index (χ4v) is 1.46. The summed E-state index contributed by atoms with van der Waals surface area (Å²) in [7, 11) is 1.32. The maximum absolute atomic E-state index is 11.1. The van der Waals surface area contributed by atoms with Crippen LogP contribution in [0.1, 0.15) is 11.1 Å². The van der Waals surface area contributed by atoms with Crippen LogP contribution in [-0.2, 0) is 16.0 Å². The lowest BCUT2D eigenvalue weighted by Gasteiger charge is -2.09. The van der Waals surface area contributed by atoms with Crippen LogP contribution in [0.25, 0.3) is 0 Å². The zero-order valence-electron chi connectivity index (χ0n) is 8.79. The molecule has 0 aliphatic rings. The molecule has 0 saturated carbocycles. The topological polar surface area (TPSA) is 52.3 Å². The van der Waals surface area contributed by atoms with Gasteiger partial charge >= 0.3 is 5.97 Å². The standard InChI is InChI=1S/C11H14ClNO2/c1-7-3-4-8(5-9(7)12)6-10(13)11(14)15-2/h3-5,10H,6,13H2,1-2H3. The molecule has 82 valence electrons. The average Bonchev–Trinajstić information content (AvgIpc) is 2.22. The maximum atomic E-state index is 11.1. The number of benzene rings is 1. The van der Waals surface area contributed by atoms with E-state index < -0.39 is 12.0 Å². The molecule has 0 aliphatic heterocycles. The van der Waals surface area contributed by atoms with Crippen molar-refractivity contribution in [3.05, 3.63) is 34.3 Å². The normalized spacial score (nSPS) is 12.3. The van der Waals surface area contributed by atoms with Crippen molar-refractivity contribution in [3.63, 3.8) is 0 Å². The molecule has 1 atom stereocenters. The molecule has 15 heavy (non-hydrogen) atoms. The van der Waals surface area contributed by atoms with Gasteiger partial charge in [0.25, 0.3) is 0 Å². The molecule has 1 aromatic rings. The molecule has 0 bridgehead atoms. The van der Waals surface area contributed by atoms with Gasteiger partial charge in [0, 0.05) is 5.02 Å². The fourth-order valence-electron chi connectivity index (χ4n) is 1.25. The summed E-state index contributed by atoms with van der Waals surface area (Å²) in [6, 6.07) is 5.00. The minimum Gasteiger partial charge on any atom is -0.468 e. The highest BCUT2D eigenvalue weighted by atomic mass is 35.5. The predicted octanol–water partition coefficient (Wildman–Crippen LogP) is 1.69. The van der Waals surface area contributed by atoms with Crippen molar-refractivity contribution >= 4 is 17.6 Å². The van der Waals surface area contributed by atoms with Crippen LogP contribution in [0, 0.1) is 6.92 Å². The number of aryl methyl sites for hydroxylation is 1. The predicted molar refractivity (Wildman–Crippen MR) is 59.9 cm³/mol. The SMILES string of the molecule is COC(=O)C(N)Cc1ccc(C)c(Cl)c1. The van der Waals surface area contributed by atoms with Crippen LogP contribution in [0.4, 0.5) is 0 Å². The van der Waals surface area contributed by atoms with E-state index in [1.807, 2.05) is 25.1 Å². The molecule has 0 amide bonds. The summed E-state index contributed by atoms with van der Waals surface area (Å²) in [5.74, 6) is -0.410. The monoisotopic (exact) mass is 227 g/mol. The average molecular weight is 228 g/mol. The third-order valence-corrected chi connectivity index (χ3v) is 2.60. The van der Waals surface area contributed by atoms with E-state index in [1.54, 1.807) is 0 Å². The van der Waals surface area contributed by atoms with E-state index in [0.717, 1.165) is 11.1 Å². The van der Waals surface area contributed by atoms with Crippen molar-refractivity contribution in [2.24, 2.45) is 5.73 Å². The Balaban J connectivity index is 2.73. The number of carbonyl (C=O) groups excluding carboxylic acids is 1. The van der Waals surface area contributed by atoms with Crippen LogP contribution in [0.3, 0.4) is 0 Å². The molecule has 2 N–H and O–H groups in total. The minimum absolute atomic E-state index is 0.410. The zero-order valence-corrected chi connectivity index (χ0v) is 9.54. The number of rotatable bonds is 3. The molecule has 0 aromatic heterocycles. The van der Waals surface area contributed by atoms with Gasteiger partial charge in [0.1, 0.15) is 6.04 Å². The summed E-state index contributed by atoms with van der Waals surface area (Å²) in [5, 5.41) is 0.685. The Kier molecular flexibility index (Phi) is 4.12. The maximum Gasteiger partial charge on any atom is 0.322 e. The van der Waals surface area contributed by atoms with Crippen LogP contribution in [0.15, 0.2) is 18.2 Å². The molecule has 1 unspecified atom stereocenters. The van der Waals surface area contributed by atoms with Gasteiger partial charge in [0.05, 0.1) is 7.11 Å². The molecular weight excluding hydrogens is 214 g/mol. The Hall–Kier alpha value is -1.06. The Labute approximate surface area is 94.2 Å². The van der Waals surface area contributed by atoms with Gasteiger partial charge in [-0.15, -0.1) is 0 Å². The molecule has 0 aliphatic carbocycles. The number of hydrogen-bond acceptors (Lipinski definition) is 3. The van der Waals surface area contributed by atoms with Crippen molar-refractivity contribution in [1.29, 1.82) is 0 Å². The summed E-state index contributed by atoms with van der Waals surface area (Å²) in [5.41, 5.74) is 7.57. The molecule has 0 fully saturated rings. The quantitative estimate of drug-likeness (QED) is 0.800.